The van der Waals surface area contributed by atoms with E-state index >= 15 is 0 Å². The molecule has 0 amide bonds. The largest absolute Gasteiger partial charge is 0.298 e. The number of nitrogens with zero attached hydrogens (tertiary/aromatic N) is 3. The Morgan fingerprint density at radius 2 is 2.29 bits per heavy atom. The quantitative estimate of drug-likeness (QED) is 0.764. The molecule has 1 heterocycles. The third-order valence-corrected chi connectivity index (χ3v) is 2.73. The van der Waals surface area contributed by atoms with Crippen LogP contribution >= 0.6 is 11.6 Å². The smallest absolute Gasteiger partial charge is 0.150 e. The standard InChI is InChI=1S/C12H8ClN3O/c1-8-11(13)6-16(15-8)12-3-2-9(7-17)4-10(12)5-14/h2-4,6-7H,1H3. The highest BCUT2D eigenvalue weighted by molar-refractivity contribution is 6.31. The fraction of sp³-hybridized carbons (Fsp3) is 0.0833. The predicted molar refractivity (Wildman–Crippen MR) is 63.4 cm³/mol. The number of rotatable bonds is 2. The number of aromatic nitrogens is 2. The van der Waals surface area contributed by atoms with Gasteiger partial charge in [-0.15, -0.1) is 0 Å². The summed E-state index contributed by atoms with van der Waals surface area (Å²) in [6, 6.07) is 6.86. The van der Waals surface area contributed by atoms with Crippen LogP contribution in [0.3, 0.4) is 0 Å². The van der Waals surface area contributed by atoms with Gasteiger partial charge in [-0.05, 0) is 25.1 Å². The highest BCUT2D eigenvalue weighted by Crippen LogP contribution is 2.19. The van der Waals surface area contributed by atoms with E-state index in [1.54, 1.807) is 25.3 Å². The number of hydrogen-bond acceptors (Lipinski definition) is 3. The molecule has 0 N–H and O–H groups in total. The lowest BCUT2D eigenvalue weighted by Crippen LogP contribution is -1.99. The highest BCUT2D eigenvalue weighted by Gasteiger charge is 2.09. The van der Waals surface area contributed by atoms with Gasteiger partial charge in [-0.1, -0.05) is 11.6 Å². The number of aldehydes is 1. The van der Waals surface area contributed by atoms with Gasteiger partial charge in [0.1, 0.15) is 12.4 Å². The van der Waals surface area contributed by atoms with Gasteiger partial charge in [-0.2, -0.15) is 10.4 Å². The first kappa shape index (κ1) is 11.4. The van der Waals surface area contributed by atoms with Gasteiger partial charge in [0.25, 0.3) is 0 Å². The molecule has 0 spiro atoms. The molecular weight excluding hydrogens is 238 g/mol. The van der Waals surface area contributed by atoms with Crippen LogP contribution in [0.2, 0.25) is 5.02 Å². The minimum absolute atomic E-state index is 0.383. The van der Waals surface area contributed by atoms with E-state index in [2.05, 4.69) is 5.10 Å². The number of hydrogen-bond donors (Lipinski definition) is 0. The Labute approximate surface area is 103 Å². The minimum atomic E-state index is 0.383. The molecule has 0 aliphatic carbocycles. The van der Waals surface area contributed by atoms with Gasteiger partial charge >= 0.3 is 0 Å². The normalized spacial score (nSPS) is 9.94. The van der Waals surface area contributed by atoms with Gasteiger partial charge in [0.2, 0.25) is 0 Å². The monoisotopic (exact) mass is 245 g/mol. The topological polar surface area (TPSA) is 58.7 Å². The molecule has 0 aliphatic heterocycles. The molecule has 1 aromatic heterocycles. The van der Waals surface area contributed by atoms with Crippen LogP contribution in [0.25, 0.3) is 5.69 Å². The lowest BCUT2D eigenvalue weighted by molar-refractivity contribution is 0.112. The molecular formula is C12H8ClN3O. The maximum Gasteiger partial charge on any atom is 0.150 e. The summed E-state index contributed by atoms with van der Waals surface area (Å²) in [6.07, 6.45) is 2.33. The first-order valence-corrected chi connectivity index (χ1v) is 5.25. The van der Waals surface area contributed by atoms with Crippen molar-refractivity contribution in [3.63, 3.8) is 0 Å². The zero-order valence-corrected chi connectivity index (χ0v) is 9.77. The van der Waals surface area contributed by atoms with Gasteiger partial charge in [-0.3, -0.25) is 4.79 Å². The van der Waals surface area contributed by atoms with Crippen molar-refractivity contribution in [2.45, 2.75) is 6.92 Å². The average Bonchev–Trinajstić information content (AvgIpc) is 2.68. The number of nitriles is 1. The number of aryl methyl sites for hydroxylation is 1. The van der Waals surface area contributed by atoms with E-state index in [0.29, 0.717) is 33.8 Å². The summed E-state index contributed by atoms with van der Waals surface area (Å²) in [4.78, 5) is 10.6. The molecule has 84 valence electrons. The van der Waals surface area contributed by atoms with Gasteiger partial charge < -0.3 is 0 Å². The molecule has 17 heavy (non-hydrogen) atoms. The van der Waals surface area contributed by atoms with Crippen molar-refractivity contribution < 1.29 is 4.79 Å². The van der Waals surface area contributed by atoms with Gasteiger partial charge in [0.05, 0.1) is 22.0 Å². The van der Waals surface area contributed by atoms with Gasteiger partial charge in [0, 0.05) is 11.8 Å². The van der Waals surface area contributed by atoms with Gasteiger partial charge in [0.15, 0.2) is 0 Å². The molecule has 0 fully saturated rings. The third-order valence-electron chi connectivity index (χ3n) is 2.36. The van der Waals surface area contributed by atoms with Crippen LogP contribution in [0.15, 0.2) is 24.4 Å². The van der Waals surface area contributed by atoms with E-state index in [4.69, 9.17) is 16.9 Å². The van der Waals surface area contributed by atoms with Crippen molar-refractivity contribution >= 4 is 17.9 Å². The third kappa shape index (κ3) is 2.05. The van der Waals surface area contributed by atoms with Crippen LogP contribution in [0.5, 0.6) is 0 Å². The Hall–Kier alpha value is -2.12. The number of benzene rings is 1. The molecule has 0 radical (unpaired) electrons. The summed E-state index contributed by atoms with van der Waals surface area (Å²) >= 11 is 5.91. The van der Waals surface area contributed by atoms with Crippen molar-refractivity contribution in [1.82, 2.24) is 9.78 Å². The highest BCUT2D eigenvalue weighted by atomic mass is 35.5. The van der Waals surface area contributed by atoms with Gasteiger partial charge in [-0.25, -0.2) is 4.68 Å². The van der Waals surface area contributed by atoms with Crippen LogP contribution in [0, 0.1) is 18.3 Å². The number of halogens is 1. The fourth-order valence-electron chi connectivity index (χ4n) is 1.48. The van der Waals surface area contributed by atoms with Crippen molar-refractivity contribution in [2.24, 2.45) is 0 Å². The molecule has 0 aliphatic rings. The van der Waals surface area contributed by atoms with E-state index in [0.717, 1.165) is 0 Å². The average molecular weight is 246 g/mol. The second-order valence-electron chi connectivity index (χ2n) is 3.51. The first-order valence-electron chi connectivity index (χ1n) is 4.87. The van der Waals surface area contributed by atoms with Crippen LogP contribution in [0.4, 0.5) is 0 Å². The van der Waals surface area contributed by atoms with E-state index in [1.165, 1.54) is 10.7 Å². The number of carbonyl (C=O) groups excluding carboxylic acids is 1. The summed E-state index contributed by atoms with van der Waals surface area (Å²) in [5.74, 6) is 0. The van der Waals surface area contributed by atoms with E-state index < -0.39 is 0 Å². The van der Waals surface area contributed by atoms with Crippen molar-refractivity contribution in [3.05, 3.63) is 46.2 Å². The summed E-state index contributed by atoms with van der Waals surface area (Å²) in [5, 5.41) is 13.8. The molecule has 0 saturated carbocycles. The summed E-state index contributed by atoms with van der Waals surface area (Å²) in [6.45, 7) is 1.78. The van der Waals surface area contributed by atoms with E-state index in [-0.39, 0.29) is 0 Å². The van der Waals surface area contributed by atoms with Crippen LogP contribution in [-0.4, -0.2) is 16.1 Å². The first-order chi connectivity index (χ1) is 8.15. The van der Waals surface area contributed by atoms with Crippen LogP contribution < -0.4 is 0 Å². The number of carbonyl (C=O) groups is 1. The molecule has 2 rings (SSSR count). The minimum Gasteiger partial charge on any atom is -0.298 e. The maximum atomic E-state index is 10.6. The summed E-state index contributed by atoms with van der Waals surface area (Å²) < 4.78 is 1.53. The Morgan fingerprint density at radius 1 is 1.53 bits per heavy atom. The zero-order valence-electron chi connectivity index (χ0n) is 9.01. The van der Waals surface area contributed by atoms with Crippen LogP contribution in [0.1, 0.15) is 21.6 Å². The second-order valence-corrected chi connectivity index (χ2v) is 3.92. The van der Waals surface area contributed by atoms with Crippen molar-refractivity contribution in [2.75, 3.05) is 0 Å². The zero-order chi connectivity index (χ0) is 12.4. The lowest BCUT2D eigenvalue weighted by Gasteiger charge is -2.03. The molecule has 0 atom stereocenters. The van der Waals surface area contributed by atoms with E-state index in [9.17, 15) is 4.79 Å². The second kappa shape index (κ2) is 4.40. The predicted octanol–water partition coefficient (Wildman–Crippen LogP) is 2.52. The molecule has 2 aromatic rings. The summed E-state index contributed by atoms with van der Waals surface area (Å²) in [5.41, 5.74) is 2.14. The SMILES string of the molecule is Cc1nn(-c2ccc(C=O)cc2C#N)cc1Cl. The Balaban J connectivity index is 2.59. The molecule has 0 unspecified atom stereocenters. The summed E-state index contributed by atoms with van der Waals surface area (Å²) in [7, 11) is 0. The van der Waals surface area contributed by atoms with Crippen molar-refractivity contribution in [3.8, 4) is 11.8 Å². The maximum absolute atomic E-state index is 10.6. The molecule has 0 bridgehead atoms. The Morgan fingerprint density at radius 3 is 2.82 bits per heavy atom. The fourth-order valence-corrected chi connectivity index (χ4v) is 1.61. The van der Waals surface area contributed by atoms with E-state index in [1.807, 2.05) is 6.07 Å². The van der Waals surface area contributed by atoms with Crippen molar-refractivity contribution in [1.29, 1.82) is 5.26 Å². The Bertz CT molecular complexity index is 606. The molecule has 0 saturated heterocycles. The molecule has 1 aromatic carbocycles. The Kier molecular flexibility index (Phi) is 2.94. The molecule has 5 heteroatoms. The lowest BCUT2D eigenvalue weighted by atomic mass is 10.1. The molecule has 4 nitrogen and oxygen atoms in total. The van der Waals surface area contributed by atoms with Crippen LogP contribution in [-0.2, 0) is 0 Å².